The van der Waals surface area contributed by atoms with Gasteiger partial charge in [0.05, 0.1) is 6.61 Å². The average Bonchev–Trinajstić information content (AvgIpc) is 2.82. The standard InChI is InChI=1S/C13H15N3O3/c1-3-19-12(17)7-14-13(18)10-8-16-9(2)5-4-6-11(16)15-10/h4-6,8H,3,7H2,1-2H3,(H,14,18). The van der Waals surface area contributed by atoms with E-state index in [1.807, 2.05) is 29.5 Å². The summed E-state index contributed by atoms with van der Waals surface area (Å²) in [6, 6.07) is 5.61. The highest BCUT2D eigenvalue weighted by molar-refractivity contribution is 5.94. The lowest BCUT2D eigenvalue weighted by atomic mass is 10.4. The number of fused-ring (bicyclic) bond motifs is 1. The maximum atomic E-state index is 11.8. The molecule has 1 N–H and O–H groups in total. The fourth-order valence-electron chi connectivity index (χ4n) is 1.71. The number of nitrogens with one attached hydrogen (secondary N) is 1. The molecule has 0 aliphatic carbocycles. The molecule has 2 heterocycles. The van der Waals surface area contributed by atoms with Gasteiger partial charge in [-0.25, -0.2) is 4.98 Å². The molecule has 0 atom stereocenters. The van der Waals surface area contributed by atoms with Crippen LogP contribution in [0.25, 0.3) is 5.65 Å². The van der Waals surface area contributed by atoms with E-state index in [0.717, 1.165) is 5.69 Å². The Bertz CT molecular complexity index is 619. The minimum Gasteiger partial charge on any atom is -0.465 e. The molecular weight excluding hydrogens is 246 g/mol. The van der Waals surface area contributed by atoms with Crippen molar-refractivity contribution in [3.8, 4) is 0 Å². The number of nitrogens with zero attached hydrogens (tertiary/aromatic N) is 2. The average molecular weight is 261 g/mol. The topological polar surface area (TPSA) is 72.7 Å². The van der Waals surface area contributed by atoms with Crippen LogP contribution in [0.3, 0.4) is 0 Å². The molecule has 0 aliphatic rings. The van der Waals surface area contributed by atoms with Crippen molar-refractivity contribution in [3.63, 3.8) is 0 Å². The number of aromatic nitrogens is 2. The summed E-state index contributed by atoms with van der Waals surface area (Å²) in [6.45, 7) is 3.78. The van der Waals surface area contributed by atoms with Gasteiger partial charge in [-0.15, -0.1) is 0 Å². The van der Waals surface area contributed by atoms with Crippen LogP contribution in [-0.4, -0.2) is 34.4 Å². The molecule has 2 aromatic heterocycles. The third-order valence-electron chi connectivity index (χ3n) is 2.63. The van der Waals surface area contributed by atoms with E-state index in [-0.39, 0.29) is 12.2 Å². The van der Waals surface area contributed by atoms with Crippen LogP contribution in [0.15, 0.2) is 24.4 Å². The third-order valence-corrected chi connectivity index (χ3v) is 2.63. The number of imidazole rings is 1. The monoisotopic (exact) mass is 261 g/mol. The summed E-state index contributed by atoms with van der Waals surface area (Å²) in [7, 11) is 0. The van der Waals surface area contributed by atoms with Gasteiger partial charge >= 0.3 is 5.97 Å². The lowest BCUT2D eigenvalue weighted by molar-refractivity contribution is -0.141. The number of aryl methyl sites for hydroxylation is 1. The van der Waals surface area contributed by atoms with Crippen LogP contribution in [0.5, 0.6) is 0 Å². The normalized spacial score (nSPS) is 10.4. The summed E-state index contributed by atoms with van der Waals surface area (Å²) in [6.07, 6.45) is 1.64. The molecule has 0 saturated carbocycles. The van der Waals surface area contributed by atoms with Gasteiger partial charge in [-0.1, -0.05) is 6.07 Å². The van der Waals surface area contributed by atoms with Crippen molar-refractivity contribution in [2.45, 2.75) is 13.8 Å². The van der Waals surface area contributed by atoms with E-state index in [9.17, 15) is 9.59 Å². The van der Waals surface area contributed by atoms with Crippen LogP contribution in [0, 0.1) is 6.92 Å². The molecular formula is C13H15N3O3. The molecule has 2 aromatic rings. The second-order valence-corrected chi connectivity index (χ2v) is 4.01. The Morgan fingerprint density at radius 2 is 2.21 bits per heavy atom. The molecule has 0 aliphatic heterocycles. The number of ether oxygens (including phenoxy) is 1. The molecule has 0 saturated heterocycles. The van der Waals surface area contributed by atoms with Crippen molar-refractivity contribution < 1.29 is 14.3 Å². The number of carbonyl (C=O) groups excluding carboxylic acids is 2. The molecule has 0 bridgehead atoms. The predicted octanol–water partition coefficient (Wildman–Crippen LogP) is 0.936. The molecule has 0 unspecified atom stereocenters. The Morgan fingerprint density at radius 1 is 1.42 bits per heavy atom. The minimum absolute atomic E-state index is 0.153. The van der Waals surface area contributed by atoms with Gasteiger partial charge in [0.25, 0.3) is 5.91 Å². The lowest BCUT2D eigenvalue weighted by Crippen LogP contribution is -2.30. The SMILES string of the molecule is CCOC(=O)CNC(=O)c1cn2c(C)cccc2n1. The van der Waals surface area contributed by atoms with Gasteiger partial charge in [-0.2, -0.15) is 0 Å². The van der Waals surface area contributed by atoms with Gasteiger partial charge in [0.1, 0.15) is 17.9 Å². The van der Waals surface area contributed by atoms with E-state index in [0.29, 0.717) is 12.3 Å². The smallest absolute Gasteiger partial charge is 0.325 e. The van der Waals surface area contributed by atoms with Gasteiger partial charge in [0.2, 0.25) is 0 Å². The number of esters is 1. The summed E-state index contributed by atoms with van der Waals surface area (Å²) in [4.78, 5) is 27.2. The molecule has 19 heavy (non-hydrogen) atoms. The van der Waals surface area contributed by atoms with Crippen molar-refractivity contribution in [1.29, 1.82) is 0 Å². The van der Waals surface area contributed by atoms with Gasteiger partial charge < -0.3 is 14.5 Å². The molecule has 6 heteroatoms. The first-order chi connectivity index (χ1) is 9.11. The molecule has 0 aromatic carbocycles. The Balaban J connectivity index is 2.09. The second-order valence-electron chi connectivity index (χ2n) is 4.01. The highest BCUT2D eigenvalue weighted by Crippen LogP contribution is 2.08. The summed E-state index contributed by atoms with van der Waals surface area (Å²) in [5, 5.41) is 2.47. The van der Waals surface area contributed by atoms with Crippen LogP contribution < -0.4 is 5.32 Å². The van der Waals surface area contributed by atoms with Gasteiger partial charge in [0, 0.05) is 11.9 Å². The number of amides is 1. The van der Waals surface area contributed by atoms with Gasteiger partial charge in [0.15, 0.2) is 0 Å². The highest BCUT2D eigenvalue weighted by Gasteiger charge is 2.12. The van der Waals surface area contributed by atoms with Crippen LogP contribution in [0.2, 0.25) is 0 Å². The van der Waals surface area contributed by atoms with Crippen molar-refractivity contribution in [2.75, 3.05) is 13.2 Å². The zero-order chi connectivity index (χ0) is 13.8. The Kier molecular flexibility index (Phi) is 3.79. The van der Waals surface area contributed by atoms with E-state index in [4.69, 9.17) is 4.74 Å². The van der Waals surface area contributed by atoms with Crippen molar-refractivity contribution >= 4 is 17.5 Å². The minimum atomic E-state index is -0.462. The summed E-state index contributed by atoms with van der Waals surface area (Å²) >= 11 is 0. The molecule has 0 radical (unpaired) electrons. The van der Waals surface area contributed by atoms with Gasteiger partial charge in [-0.05, 0) is 26.0 Å². The fraction of sp³-hybridized carbons (Fsp3) is 0.308. The third kappa shape index (κ3) is 2.90. The molecule has 100 valence electrons. The number of carbonyl (C=O) groups is 2. The summed E-state index contributed by atoms with van der Waals surface area (Å²) in [5.41, 5.74) is 1.95. The maximum absolute atomic E-state index is 11.8. The Hall–Kier alpha value is -2.37. The van der Waals surface area contributed by atoms with Crippen LogP contribution in [0.1, 0.15) is 23.1 Å². The molecule has 2 rings (SSSR count). The number of rotatable bonds is 4. The van der Waals surface area contributed by atoms with E-state index in [1.54, 1.807) is 13.1 Å². The number of hydrogen-bond donors (Lipinski definition) is 1. The number of pyridine rings is 1. The van der Waals surface area contributed by atoms with Crippen LogP contribution in [-0.2, 0) is 9.53 Å². The van der Waals surface area contributed by atoms with Crippen LogP contribution in [0.4, 0.5) is 0 Å². The quantitative estimate of drug-likeness (QED) is 0.831. The first kappa shape index (κ1) is 13.1. The van der Waals surface area contributed by atoms with Crippen molar-refractivity contribution in [2.24, 2.45) is 0 Å². The molecule has 1 amide bonds. The molecule has 0 fully saturated rings. The Labute approximate surface area is 110 Å². The fourth-order valence-corrected chi connectivity index (χ4v) is 1.71. The Morgan fingerprint density at radius 3 is 2.89 bits per heavy atom. The highest BCUT2D eigenvalue weighted by atomic mass is 16.5. The predicted molar refractivity (Wildman–Crippen MR) is 68.9 cm³/mol. The van der Waals surface area contributed by atoms with Crippen molar-refractivity contribution in [3.05, 3.63) is 35.8 Å². The van der Waals surface area contributed by atoms with E-state index in [1.165, 1.54) is 0 Å². The van der Waals surface area contributed by atoms with Crippen LogP contribution >= 0.6 is 0 Å². The summed E-state index contributed by atoms with van der Waals surface area (Å²) in [5.74, 6) is -0.855. The lowest BCUT2D eigenvalue weighted by Gasteiger charge is -2.02. The van der Waals surface area contributed by atoms with E-state index >= 15 is 0 Å². The second kappa shape index (κ2) is 5.51. The number of hydrogen-bond acceptors (Lipinski definition) is 4. The van der Waals surface area contributed by atoms with Gasteiger partial charge in [-0.3, -0.25) is 9.59 Å². The maximum Gasteiger partial charge on any atom is 0.325 e. The zero-order valence-corrected chi connectivity index (χ0v) is 10.8. The zero-order valence-electron chi connectivity index (χ0n) is 10.8. The molecule has 6 nitrogen and oxygen atoms in total. The first-order valence-electron chi connectivity index (χ1n) is 6.00. The first-order valence-corrected chi connectivity index (χ1v) is 6.00. The van der Waals surface area contributed by atoms with E-state index < -0.39 is 11.9 Å². The molecule has 0 spiro atoms. The van der Waals surface area contributed by atoms with Crippen molar-refractivity contribution in [1.82, 2.24) is 14.7 Å². The summed E-state index contributed by atoms with van der Waals surface area (Å²) < 4.78 is 6.55. The van der Waals surface area contributed by atoms with E-state index in [2.05, 4.69) is 10.3 Å². The largest absolute Gasteiger partial charge is 0.465 e.